The first-order chi connectivity index (χ1) is 24.6. The van der Waals surface area contributed by atoms with Gasteiger partial charge in [0.15, 0.2) is 5.54 Å². The highest BCUT2D eigenvalue weighted by Crippen LogP contribution is 2.52. The molecule has 4 heterocycles. The number of hydrogen-bond acceptors (Lipinski definition) is 11. The van der Waals surface area contributed by atoms with Gasteiger partial charge in [0.25, 0.3) is 15.9 Å². The van der Waals surface area contributed by atoms with Crippen molar-refractivity contribution in [2.45, 2.75) is 36.3 Å². The number of likely N-dealkylation sites (tertiary alicyclic amines) is 1. The van der Waals surface area contributed by atoms with E-state index in [0.717, 1.165) is 45.7 Å². The number of fused-ring (bicyclic) bond motifs is 1. The molecule has 0 radical (unpaired) electrons. The van der Waals surface area contributed by atoms with Gasteiger partial charge in [0.2, 0.25) is 5.88 Å². The summed E-state index contributed by atoms with van der Waals surface area (Å²) in [5, 5.41) is 12.8. The van der Waals surface area contributed by atoms with Gasteiger partial charge >= 0.3 is 6.03 Å². The highest BCUT2D eigenvalue weighted by molar-refractivity contribution is 7.93. The average Bonchev–Trinajstić information content (AvgIpc) is 3.36. The minimum atomic E-state index is -4.54. The molecule has 1 saturated carbocycles. The summed E-state index contributed by atoms with van der Waals surface area (Å²) in [6.45, 7) is 7.65. The van der Waals surface area contributed by atoms with Gasteiger partial charge in [-0.3, -0.25) is 9.69 Å². The van der Waals surface area contributed by atoms with E-state index in [0.29, 0.717) is 29.8 Å². The fourth-order valence-electron chi connectivity index (χ4n) is 7.53. The molecule has 14 nitrogen and oxygen atoms in total. The number of nitrogens with zero attached hydrogens (tertiary/aromatic N) is 5. The largest absolute Gasteiger partial charge is 0.497 e. The topological polar surface area (TPSA) is 164 Å². The molecule has 3 aliphatic heterocycles. The number of anilines is 1. The van der Waals surface area contributed by atoms with Crippen LogP contribution in [0.4, 0.5) is 10.5 Å². The van der Waals surface area contributed by atoms with Crippen molar-refractivity contribution in [3.63, 3.8) is 0 Å². The summed E-state index contributed by atoms with van der Waals surface area (Å²) in [7, 11) is -3.08. The maximum atomic E-state index is 15.0. The Balaban J connectivity index is 1.18. The zero-order chi connectivity index (χ0) is 35.8. The molecule has 51 heavy (non-hydrogen) atoms. The van der Waals surface area contributed by atoms with Crippen LogP contribution in [0, 0.1) is 16.7 Å². The summed E-state index contributed by atoms with van der Waals surface area (Å²) in [4.78, 5) is 37.3. The van der Waals surface area contributed by atoms with Crippen molar-refractivity contribution in [3.05, 3.63) is 77.5 Å². The molecule has 1 unspecified atom stereocenters. The number of hydrogen-bond donors (Lipinski definition) is 1. The number of carbonyl (C=O) groups is 2. The molecular formula is C36H40N6O8S. The highest BCUT2D eigenvalue weighted by Gasteiger charge is 2.61. The van der Waals surface area contributed by atoms with E-state index in [1.54, 1.807) is 24.0 Å². The molecule has 1 atom stereocenters. The first-order valence-electron chi connectivity index (χ1n) is 17.0. The number of nitrogens with one attached hydrogen (secondary N) is 1. The van der Waals surface area contributed by atoms with Crippen molar-refractivity contribution >= 4 is 27.6 Å². The molecule has 2 saturated heterocycles. The Morgan fingerprint density at radius 1 is 1.10 bits per heavy atom. The van der Waals surface area contributed by atoms with Crippen molar-refractivity contribution < 1.29 is 37.0 Å². The molecule has 1 aromatic heterocycles. The van der Waals surface area contributed by atoms with Crippen molar-refractivity contribution in [2.24, 2.45) is 5.41 Å². The summed E-state index contributed by atoms with van der Waals surface area (Å²) < 4.78 is 51.9. The first-order valence-corrected chi connectivity index (χ1v) is 18.4. The molecule has 1 spiro atoms. The average molecular weight is 717 g/mol. The number of amides is 3. The van der Waals surface area contributed by atoms with Crippen LogP contribution in [0.2, 0.25) is 0 Å². The van der Waals surface area contributed by atoms with E-state index in [1.807, 2.05) is 0 Å². The molecule has 15 heteroatoms. The van der Waals surface area contributed by atoms with Crippen LogP contribution in [0.3, 0.4) is 0 Å². The number of urea groups is 1. The number of pyridine rings is 1. The predicted octanol–water partition coefficient (Wildman–Crippen LogP) is 2.86. The summed E-state index contributed by atoms with van der Waals surface area (Å²) in [5.74, 6) is -0.483. The highest BCUT2D eigenvalue weighted by atomic mass is 32.2. The van der Waals surface area contributed by atoms with Gasteiger partial charge in [-0.15, -0.1) is 0 Å². The van der Waals surface area contributed by atoms with E-state index in [2.05, 4.69) is 21.3 Å². The third-order valence-corrected chi connectivity index (χ3v) is 11.8. The van der Waals surface area contributed by atoms with E-state index in [1.165, 1.54) is 55.8 Å². The number of aromatic nitrogens is 1. The Morgan fingerprint density at radius 2 is 1.84 bits per heavy atom. The SMILES string of the molecule is CCOc1ncccc1C1(NC(=O)N2CC3(CC(OCCN4CCOCC4)C3)C2)C(=O)N(S(=O)(=O)c2ccc(OC)cc2)c2ccc(C#N)cc21. The number of carbonyl (C=O) groups excluding carboxylic acids is 2. The number of ether oxygens (including phenoxy) is 4. The van der Waals surface area contributed by atoms with Crippen LogP contribution >= 0.6 is 0 Å². The summed E-state index contributed by atoms with van der Waals surface area (Å²) >= 11 is 0. The standard InChI is InChI=1S/C36H40N6O8S/c1-3-49-32-29(5-4-12-38-32)36(39-34(44)41-23-35(24-41)20-27(21-35)50-18-15-40-13-16-48-17-14-40)30-19-25(22-37)6-11-31(30)42(33(36)43)51(45,46)28-9-7-26(47-2)8-10-28/h4-12,19,27H,3,13-18,20-21,23-24H2,1-2H3,(H,39,44). The van der Waals surface area contributed by atoms with Crippen LogP contribution in [0.25, 0.3) is 0 Å². The van der Waals surface area contributed by atoms with E-state index in [9.17, 15) is 23.3 Å². The predicted molar refractivity (Wildman–Crippen MR) is 184 cm³/mol. The molecule has 2 aromatic carbocycles. The molecule has 7 rings (SSSR count). The molecule has 268 valence electrons. The molecule has 0 bridgehead atoms. The van der Waals surface area contributed by atoms with Gasteiger partial charge in [0.05, 0.1) is 67.4 Å². The number of sulfonamides is 1. The number of morpholine rings is 1. The summed E-state index contributed by atoms with van der Waals surface area (Å²) in [6, 6.07) is 14.6. The Labute approximate surface area is 296 Å². The van der Waals surface area contributed by atoms with Crippen LogP contribution in [0.1, 0.15) is 36.5 Å². The number of methoxy groups -OCH3 is 1. The molecule has 4 aliphatic rings. The van der Waals surface area contributed by atoms with E-state index >= 15 is 0 Å². The van der Waals surface area contributed by atoms with Crippen LogP contribution in [-0.4, -0.2) is 108 Å². The van der Waals surface area contributed by atoms with Crippen molar-refractivity contribution in [2.75, 3.05) is 70.6 Å². The lowest BCUT2D eigenvalue weighted by molar-refractivity contribution is -0.140. The number of nitriles is 1. The minimum absolute atomic E-state index is 0.00226. The monoisotopic (exact) mass is 716 g/mol. The van der Waals surface area contributed by atoms with Gasteiger partial charge in [-0.2, -0.15) is 9.57 Å². The van der Waals surface area contributed by atoms with Gasteiger partial charge in [-0.1, -0.05) is 0 Å². The third-order valence-electron chi connectivity index (χ3n) is 10.1. The second-order valence-electron chi connectivity index (χ2n) is 13.3. The zero-order valence-electron chi connectivity index (χ0n) is 28.5. The molecule has 1 N–H and O–H groups in total. The Bertz CT molecular complexity index is 1950. The second kappa shape index (κ2) is 13.8. The van der Waals surface area contributed by atoms with Crippen molar-refractivity contribution in [1.29, 1.82) is 5.26 Å². The summed E-state index contributed by atoms with van der Waals surface area (Å²) in [5.41, 5.74) is -1.76. The van der Waals surface area contributed by atoms with Gasteiger partial charge in [-0.05, 0) is 74.4 Å². The molecule has 3 amide bonds. The van der Waals surface area contributed by atoms with E-state index < -0.39 is 27.5 Å². The smallest absolute Gasteiger partial charge is 0.318 e. The Morgan fingerprint density at radius 3 is 2.53 bits per heavy atom. The quantitative estimate of drug-likeness (QED) is 0.311. The molecule has 1 aliphatic carbocycles. The van der Waals surface area contributed by atoms with Crippen molar-refractivity contribution in [1.82, 2.24) is 20.1 Å². The molecule has 3 aromatic rings. The maximum Gasteiger partial charge on any atom is 0.318 e. The third kappa shape index (κ3) is 6.16. The lowest BCUT2D eigenvalue weighted by atomic mass is 9.62. The van der Waals surface area contributed by atoms with Crippen LogP contribution in [-0.2, 0) is 29.8 Å². The fraction of sp³-hybridized carbons (Fsp3) is 0.444. The van der Waals surface area contributed by atoms with Crippen LogP contribution < -0.4 is 19.1 Å². The fourth-order valence-corrected chi connectivity index (χ4v) is 8.99. The van der Waals surface area contributed by atoms with Crippen LogP contribution in [0.15, 0.2) is 65.7 Å². The van der Waals surface area contributed by atoms with Gasteiger partial charge in [0.1, 0.15) is 5.75 Å². The van der Waals surface area contributed by atoms with Gasteiger partial charge in [-0.25, -0.2) is 18.2 Å². The minimum Gasteiger partial charge on any atom is -0.497 e. The Kier molecular flexibility index (Phi) is 9.36. The number of rotatable bonds is 11. The maximum absolute atomic E-state index is 15.0. The second-order valence-corrected chi connectivity index (χ2v) is 15.1. The first kappa shape index (κ1) is 34.7. The van der Waals surface area contributed by atoms with Crippen molar-refractivity contribution in [3.8, 4) is 17.7 Å². The Hall–Kier alpha value is -4.75. The normalized spacial score (nSPS) is 21.4. The van der Waals surface area contributed by atoms with Crippen LogP contribution in [0.5, 0.6) is 11.6 Å². The molecular weight excluding hydrogens is 676 g/mol. The lowest BCUT2D eigenvalue weighted by Gasteiger charge is -2.58. The zero-order valence-corrected chi connectivity index (χ0v) is 29.4. The van der Waals surface area contributed by atoms with E-state index in [-0.39, 0.29) is 51.3 Å². The summed E-state index contributed by atoms with van der Waals surface area (Å²) in [6.07, 6.45) is 3.25. The lowest BCUT2D eigenvalue weighted by Crippen LogP contribution is -2.69. The van der Waals surface area contributed by atoms with Gasteiger partial charge < -0.3 is 29.2 Å². The van der Waals surface area contributed by atoms with Gasteiger partial charge in [0, 0.05) is 49.9 Å². The number of benzene rings is 2. The molecule has 3 fully saturated rings. The van der Waals surface area contributed by atoms with E-state index in [4.69, 9.17) is 18.9 Å².